The van der Waals surface area contributed by atoms with E-state index >= 15 is 0 Å². The van der Waals surface area contributed by atoms with Gasteiger partial charge in [0.1, 0.15) is 12.2 Å². The van der Waals surface area contributed by atoms with E-state index in [1.54, 1.807) is 0 Å². The van der Waals surface area contributed by atoms with Crippen molar-refractivity contribution in [2.75, 3.05) is 0 Å². The van der Waals surface area contributed by atoms with E-state index in [1.165, 1.54) is 6.07 Å². The van der Waals surface area contributed by atoms with Crippen LogP contribution in [0.25, 0.3) is 11.0 Å². The Morgan fingerprint density at radius 3 is 2.80 bits per heavy atom. The smallest absolute Gasteiger partial charge is 0.336 e. The van der Waals surface area contributed by atoms with E-state index < -0.39 is 5.63 Å². The second-order valence-corrected chi connectivity index (χ2v) is 5.36. The molecule has 20 heavy (non-hydrogen) atoms. The Hall–Kier alpha value is -2.10. The maximum Gasteiger partial charge on any atom is 0.336 e. The van der Waals surface area contributed by atoms with Gasteiger partial charge in [0.25, 0.3) is 0 Å². The molecule has 1 aromatic heterocycles. The first kappa shape index (κ1) is 12.9. The lowest BCUT2D eigenvalue weighted by atomic mass is 10.0. The Morgan fingerprint density at radius 1 is 1.35 bits per heavy atom. The largest absolute Gasteiger partial charge is 0.461 e. The van der Waals surface area contributed by atoms with Crippen molar-refractivity contribution >= 4 is 16.9 Å². The lowest BCUT2D eigenvalue weighted by Gasteiger charge is -2.09. The molecular weight excluding hydrogens is 256 g/mol. The van der Waals surface area contributed by atoms with Gasteiger partial charge < -0.3 is 9.15 Å². The summed E-state index contributed by atoms with van der Waals surface area (Å²) in [6.45, 7) is 4.01. The number of hydrogen-bond donors (Lipinski definition) is 0. The Balaban J connectivity index is 1.99. The average Bonchev–Trinajstić information content (AvgIpc) is 3.25. The number of rotatable bonds is 3. The molecule has 0 atom stereocenters. The van der Waals surface area contributed by atoms with Gasteiger partial charge in [0, 0.05) is 17.0 Å². The van der Waals surface area contributed by atoms with Crippen LogP contribution < -0.4 is 5.63 Å². The monoisotopic (exact) mass is 272 g/mol. The minimum Gasteiger partial charge on any atom is -0.461 e. The van der Waals surface area contributed by atoms with Crippen LogP contribution in [0.15, 0.2) is 27.4 Å². The number of aryl methyl sites for hydroxylation is 2. The van der Waals surface area contributed by atoms with E-state index in [4.69, 9.17) is 9.15 Å². The summed E-state index contributed by atoms with van der Waals surface area (Å²) >= 11 is 0. The quantitative estimate of drug-likeness (QED) is 0.637. The highest BCUT2D eigenvalue weighted by Crippen LogP contribution is 2.31. The fraction of sp³-hybridized carbons (Fsp3) is 0.375. The normalized spacial score (nSPS) is 14.5. The van der Waals surface area contributed by atoms with Gasteiger partial charge in [-0.25, -0.2) is 4.79 Å². The van der Waals surface area contributed by atoms with Crippen LogP contribution in [0, 0.1) is 19.8 Å². The molecule has 1 aliphatic rings. The maximum atomic E-state index is 11.7. The fourth-order valence-electron chi connectivity index (χ4n) is 2.23. The first-order valence-electron chi connectivity index (χ1n) is 6.76. The zero-order chi connectivity index (χ0) is 14.3. The molecule has 0 saturated heterocycles. The topological polar surface area (TPSA) is 56.5 Å². The van der Waals surface area contributed by atoms with Crippen LogP contribution >= 0.6 is 0 Å². The molecule has 0 radical (unpaired) electrons. The van der Waals surface area contributed by atoms with Gasteiger partial charge in [0.15, 0.2) is 0 Å². The van der Waals surface area contributed by atoms with Gasteiger partial charge in [-0.2, -0.15) is 0 Å². The molecule has 4 nitrogen and oxygen atoms in total. The van der Waals surface area contributed by atoms with Gasteiger partial charge in [-0.3, -0.25) is 4.79 Å². The molecule has 0 unspecified atom stereocenters. The summed E-state index contributed by atoms with van der Waals surface area (Å²) in [5.41, 5.74) is 2.87. The number of esters is 1. The summed E-state index contributed by atoms with van der Waals surface area (Å²) in [6.07, 6.45) is 1.82. The summed E-state index contributed by atoms with van der Waals surface area (Å²) in [6, 6.07) is 5.28. The average molecular weight is 272 g/mol. The Bertz CT molecular complexity index is 738. The molecule has 1 fully saturated rings. The predicted molar refractivity (Wildman–Crippen MR) is 74.5 cm³/mol. The van der Waals surface area contributed by atoms with E-state index in [2.05, 4.69) is 0 Å². The van der Waals surface area contributed by atoms with E-state index in [1.807, 2.05) is 26.0 Å². The fourth-order valence-corrected chi connectivity index (χ4v) is 2.23. The standard InChI is InChI=1S/C16H16O4/c1-9-3-6-13-12(8-19-16(18)11-4-5-11)7-14(17)20-15(13)10(9)2/h3,6-7,11H,4-5,8H2,1-2H3. The molecule has 0 aliphatic heterocycles. The number of hydrogen-bond acceptors (Lipinski definition) is 4. The third kappa shape index (κ3) is 2.33. The van der Waals surface area contributed by atoms with E-state index in [-0.39, 0.29) is 18.5 Å². The lowest BCUT2D eigenvalue weighted by molar-refractivity contribution is -0.146. The van der Waals surface area contributed by atoms with Gasteiger partial charge in [0.05, 0.1) is 5.92 Å². The third-order valence-corrected chi connectivity index (χ3v) is 3.80. The van der Waals surface area contributed by atoms with Gasteiger partial charge in [-0.1, -0.05) is 12.1 Å². The number of carbonyl (C=O) groups excluding carboxylic acids is 1. The summed E-state index contributed by atoms with van der Waals surface area (Å²) in [7, 11) is 0. The van der Waals surface area contributed by atoms with Crippen molar-refractivity contribution in [3.8, 4) is 0 Å². The van der Waals surface area contributed by atoms with E-state index in [0.29, 0.717) is 11.1 Å². The van der Waals surface area contributed by atoms with Crippen molar-refractivity contribution in [3.05, 3.63) is 45.3 Å². The van der Waals surface area contributed by atoms with Crippen LogP contribution in [0.3, 0.4) is 0 Å². The molecular formula is C16H16O4. The molecule has 104 valence electrons. The number of carbonyl (C=O) groups is 1. The summed E-state index contributed by atoms with van der Waals surface area (Å²) in [4.78, 5) is 23.2. The van der Waals surface area contributed by atoms with Crippen LogP contribution in [0.1, 0.15) is 29.5 Å². The van der Waals surface area contributed by atoms with E-state index in [0.717, 1.165) is 29.4 Å². The molecule has 0 N–H and O–H groups in total. The second-order valence-electron chi connectivity index (χ2n) is 5.36. The molecule has 2 aromatic rings. The van der Waals surface area contributed by atoms with E-state index in [9.17, 15) is 9.59 Å². The zero-order valence-electron chi connectivity index (χ0n) is 11.6. The summed E-state index contributed by atoms with van der Waals surface area (Å²) in [5, 5.41) is 0.830. The Morgan fingerprint density at radius 2 is 2.10 bits per heavy atom. The summed E-state index contributed by atoms with van der Waals surface area (Å²) < 4.78 is 10.6. The van der Waals surface area contributed by atoms with Gasteiger partial charge in [-0.05, 0) is 37.8 Å². The first-order chi connectivity index (χ1) is 9.56. The van der Waals surface area contributed by atoms with Gasteiger partial charge >= 0.3 is 11.6 Å². The Labute approximate surface area is 116 Å². The maximum absolute atomic E-state index is 11.7. The number of ether oxygens (including phenoxy) is 1. The molecule has 4 heteroatoms. The van der Waals surface area contributed by atoms with Crippen LogP contribution in [0.2, 0.25) is 0 Å². The van der Waals surface area contributed by atoms with Gasteiger partial charge in [0.2, 0.25) is 0 Å². The molecule has 0 amide bonds. The minimum atomic E-state index is -0.413. The third-order valence-electron chi connectivity index (χ3n) is 3.80. The zero-order valence-corrected chi connectivity index (χ0v) is 11.6. The van der Waals surface area contributed by atoms with Crippen molar-refractivity contribution in [2.45, 2.75) is 33.3 Å². The van der Waals surface area contributed by atoms with Crippen LogP contribution in [-0.4, -0.2) is 5.97 Å². The first-order valence-corrected chi connectivity index (χ1v) is 6.76. The molecule has 1 saturated carbocycles. The van der Waals surface area contributed by atoms with Crippen molar-refractivity contribution < 1.29 is 13.9 Å². The molecule has 1 heterocycles. The number of benzene rings is 1. The van der Waals surface area contributed by atoms with Crippen LogP contribution in [0.4, 0.5) is 0 Å². The molecule has 0 bridgehead atoms. The van der Waals surface area contributed by atoms with Crippen molar-refractivity contribution in [1.82, 2.24) is 0 Å². The molecule has 1 aliphatic carbocycles. The molecule has 0 spiro atoms. The van der Waals surface area contributed by atoms with Crippen molar-refractivity contribution in [1.29, 1.82) is 0 Å². The van der Waals surface area contributed by atoms with Crippen LogP contribution in [-0.2, 0) is 16.1 Å². The van der Waals surface area contributed by atoms with Crippen molar-refractivity contribution in [3.63, 3.8) is 0 Å². The summed E-state index contributed by atoms with van der Waals surface area (Å²) in [5.74, 6) is -0.111. The molecule has 1 aromatic carbocycles. The highest BCUT2D eigenvalue weighted by atomic mass is 16.5. The van der Waals surface area contributed by atoms with Crippen molar-refractivity contribution in [2.24, 2.45) is 5.92 Å². The number of fused-ring (bicyclic) bond motifs is 1. The second kappa shape index (κ2) is 4.78. The van der Waals surface area contributed by atoms with Gasteiger partial charge in [-0.15, -0.1) is 0 Å². The highest BCUT2D eigenvalue weighted by Gasteiger charge is 2.31. The lowest BCUT2D eigenvalue weighted by Crippen LogP contribution is -2.09. The predicted octanol–water partition coefficient (Wildman–Crippen LogP) is 2.86. The highest BCUT2D eigenvalue weighted by molar-refractivity contribution is 5.84. The minimum absolute atomic E-state index is 0.0605. The molecule has 3 rings (SSSR count). The Kier molecular flexibility index (Phi) is 3.08. The van der Waals surface area contributed by atoms with Crippen LogP contribution in [0.5, 0.6) is 0 Å². The SMILES string of the molecule is Cc1ccc2c(COC(=O)C3CC3)cc(=O)oc2c1C.